The van der Waals surface area contributed by atoms with Gasteiger partial charge in [-0.2, -0.15) is 5.10 Å². The fourth-order valence-corrected chi connectivity index (χ4v) is 5.85. The van der Waals surface area contributed by atoms with Crippen molar-refractivity contribution in [3.8, 4) is 5.69 Å². The van der Waals surface area contributed by atoms with E-state index in [0.29, 0.717) is 0 Å². The minimum atomic E-state index is 0.963. The lowest BCUT2D eigenvalue weighted by Gasteiger charge is -2.27. The summed E-state index contributed by atoms with van der Waals surface area (Å²) in [4.78, 5) is 2.32. The molecule has 0 saturated heterocycles. The molecule has 3 heterocycles. The molecule has 0 spiro atoms. The van der Waals surface area contributed by atoms with Crippen molar-refractivity contribution < 1.29 is 0 Å². The molecule has 0 atom stereocenters. The molecule has 184 valence electrons. The molecule has 0 aliphatic carbocycles. The number of hydrogen-bond donors (Lipinski definition) is 0. The second-order valence-electron chi connectivity index (χ2n) is 9.56. The van der Waals surface area contributed by atoms with Crippen molar-refractivity contribution in [2.75, 3.05) is 4.90 Å². The topological polar surface area (TPSA) is 25.5 Å². The van der Waals surface area contributed by atoms with Crippen molar-refractivity contribution in [3.63, 3.8) is 0 Å². The zero-order valence-corrected chi connectivity index (χ0v) is 21.5. The first kappa shape index (κ1) is 22.4. The van der Waals surface area contributed by atoms with Gasteiger partial charge in [0, 0.05) is 38.9 Å². The Bertz CT molecular complexity index is 1870. The zero-order chi connectivity index (χ0) is 25.6. The lowest BCUT2D eigenvalue weighted by atomic mass is 10.1. The van der Waals surface area contributed by atoms with E-state index in [1.165, 1.54) is 32.9 Å². The van der Waals surface area contributed by atoms with Gasteiger partial charge in [0.25, 0.3) is 0 Å². The largest absolute Gasteiger partial charge is 0.311 e. The Balaban J connectivity index is 1.44. The fourth-order valence-electron chi connectivity index (χ4n) is 5.85. The van der Waals surface area contributed by atoms with Crippen LogP contribution in [0, 0.1) is 0 Å². The minimum absolute atomic E-state index is 0.963. The summed E-state index contributed by atoms with van der Waals surface area (Å²) in [5.41, 5.74) is 9.26. The highest BCUT2D eigenvalue weighted by Gasteiger charge is 2.20. The molecule has 0 fully saturated rings. The van der Waals surface area contributed by atoms with Gasteiger partial charge in [-0.1, -0.05) is 55.5 Å². The summed E-state index contributed by atoms with van der Waals surface area (Å²) in [7, 11) is 0. The third-order valence-corrected chi connectivity index (χ3v) is 7.33. The number of rotatable bonds is 6. The smallest absolute Gasteiger partial charge is 0.0753 e. The van der Waals surface area contributed by atoms with Gasteiger partial charge in [0.15, 0.2) is 0 Å². The summed E-state index contributed by atoms with van der Waals surface area (Å²) < 4.78 is 4.45. The van der Waals surface area contributed by atoms with E-state index >= 15 is 0 Å². The van der Waals surface area contributed by atoms with Gasteiger partial charge >= 0.3 is 0 Å². The summed E-state index contributed by atoms with van der Waals surface area (Å²) >= 11 is 0. The Labute approximate surface area is 221 Å². The number of allylic oxidation sites excluding steroid dienone is 3. The van der Waals surface area contributed by atoms with Crippen LogP contribution in [-0.4, -0.2) is 14.2 Å². The van der Waals surface area contributed by atoms with Gasteiger partial charge in [0.1, 0.15) is 0 Å². The number of nitrogens with zero attached hydrogens (tertiary/aromatic N) is 4. The SMILES string of the molecule is C/C=C\C(=C/CC)N(c1ccccc1)c1ccc(-n2c3cccc4c3c3c2cccc3n2nccc42)cc1. The third-order valence-electron chi connectivity index (χ3n) is 7.33. The molecule has 4 aromatic carbocycles. The van der Waals surface area contributed by atoms with Gasteiger partial charge in [0.05, 0.1) is 28.3 Å². The van der Waals surface area contributed by atoms with Gasteiger partial charge in [-0.25, -0.2) is 4.52 Å². The first-order valence-electron chi connectivity index (χ1n) is 13.2. The molecular weight excluding hydrogens is 464 g/mol. The zero-order valence-electron chi connectivity index (χ0n) is 21.5. The molecule has 0 unspecified atom stereocenters. The van der Waals surface area contributed by atoms with E-state index in [0.717, 1.165) is 34.5 Å². The molecule has 4 heteroatoms. The molecule has 4 nitrogen and oxygen atoms in total. The van der Waals surface area contributed by atoms with Crippen LogP contribution in [0.4, 0.5) is 11.4 Å². The van der Waals surface area contributed by atoms with Crippen LogP contribution < -0.4 is 4.90 Å². The van der Waals surface area contributed by atoms with E-state index < -0.39 is 0 Å². The number of aromatic nitrogens is 3. The Kier molecular flexibility index (Phi) is 5.26. The number of fused-ring (bicyclic) bond motifs is 3. The lowest BCUT2D eigenvalue weighted by Crippen LogP contribution is -2.15. The van der Waals surface area contributed by atoms with Gasteiger partial charge in [-0.05, 0) is 80.1 Å². The second-order valence-corrected chi connectivity index (χ2v) is 9.56. The minimum Gasteiger partial charge on any atom is -0.311 e. The molecule has 0 bridgehead atoms. The highest BCUT2D eigenvalue weighted by molar-refractivity contribution is 6.26. The molecule has 7 rings (SSSR count). The molecule has 0 aliphatic rings. The summed E-state index contributed by atoms with van der Waals surface area (Å²) in [6.45, 7) is 4.25. The summed E-state index contributed by atoms with van der Waals surface area (Å²) in [6.07, 6.45) is 9.41. The van der Waals surface area contributed by atoms with Gasteiger partial charge in [-0.3, -0.25) is 0 Å². The molecule has 0 radical (unpaired) electrons. The summed E-state index contributed by atoms with van der Waals surface area (Å²) in [5, 5.41) is 8.43. The maximum atomic E-state index is 4.65. The average Bonchev–Trinajstić information content (AvgIpc) is 3.58. The second kappa shape index (κ2) is 8.93. The van der Waals surface area contributed by atoms with Crippen molar-refractivity contribution in [3.05, 3.63) is 127 Å². The Hall–Kier alpha value is -4.83. The average molecular weight is 493 g/mol. The van der Waals surface area contributed by atoms with Gasteiger partial charge < -0.3 is 9.47 Å². The first-order chi connectivity index (χ1) is 18.8. The summed E-state index contributed by atoms with van der Waals surface area (Å²) in [6, 6.07) is 34.7. The number of benzene rings is 4. The van der Waals surface area contributed by atoms with Crippen LogP contribution in [0.5, 0.6) is 0 Å². The van der Waals surface area contributed by atoms with Crippen molar-refractivity contribution in [2.24, 2.45) is 0 Å². The molecule has 7 aromatic rings. The quantitative estimate of drug-likeness (QED) is 0.171. The van der Waals surface area contributed by atoms with Crippen LogP contribution in [-0.2, 0) is 0 Å². The normalized spacial score (nSPS) is 12.6. The molecule has 38 heavy (non-hydrogen) atoms. The van der Waals surface area contributed by atoms with E-state index in [1.807, 2.05) is 6.20 Å². The van der Waals surface area contributed by atoms with Gasteiger partial charge in [0.2, 0.25) is 0 Å². The monoisotopic (exact) mass is 492 g/mol. The van der Waals surface area contributed by atoms with E-state index in [9.17, 15) is 0 Å². The van der Waals surface area contributed by atoms with E-state index in [1.54, 1.807) is 0 Å². The van der Waals surface area contributed by atoms with Gasteiger partial charge in [-0.15, -0.1) is 0 Å². The maximum absolute atomic E-state index is 4.65. The van der Waals surface area contributed by atoms with Crippen molar-refractivity contribution in [1.29, 1.82) is 0 Å². The van der Waals surface area contributed by atoms with Crippen LogP contribution in [0.25, 0.3) is 43.9 Å². The van der Waals surface area contributed by atoms with Crippen LogP contribution in [0.1, 0.15) is 20.3 Å². The highest BCUT2D eigenvalue weighted by atomic mass is 15.2. The Morgan fingerprint density at radius 2 is 1.45 bits per heavy atom. The van der Waals surface area contributed by atoms with Crippen molar-refractivity contribution in [1.82, 2.24) is 14.2 Å². The van der Waals surface area contributed by atoms with E-state index in [4.69, 9.17) is 0 Å². The molecule has 0 saturated carbocycles. The maximum Gasteiger partial charge on any atom is 0.0753 e. The molecular formula is C34H28N4. The van der Waals surface area contributed by atoms with Crippen LogP contribution in [0.15, 0.2) is 127 Å². The molecule has 0 amide bonds. The van der Waals surface area contributed by atoms with E-state index in [2.05, 4.69) is 148 Å². The van der Waals surface area contributed by atoms with Crippen molar-refractivity contribution in [2.45, 2.75) is 20.3 Å². The Morgan fingerprint density at radius 1 is 0.737 bits per heavy atom. The van der Waals surface area contributed by atoms with Crippen LogP contribution in [0.2, 0.25) is 0 Å². The predicted molar refractivity (Wildman–Crippen MR) is 160 cm³/mol. The number of para-hydroxylation sites is 1. The van der Waals surface area contributed by atoms with Crippen LogP contribution >= 0.6 is 0 Å². The molecule has 0 aliphatic heterocycles. The predicted octanol–water partition coefficient (Wildman–Crippen LogP) is 9.03. The summed E-state index contributed by atoms with van der Waals surface area (Å²) in [5.74, 6) is 0. The Morgan fingerprint density at radius 3 is 2.21 bits per heavy atom. The fraction of sp³-hybridized carbons (Fsp3) is 0.0882. The highest BCUT2D eigenvalue weighted by Crippen LogP contribution is 2.41. The van der Waals surface area contributed by atoms with E-state index in [-0.39, 0.29) is 0 Å². The van der Waals surface area contributed by atoms with Crippen molar-refractivity contribution >= 4 is 49.6 Å². The standard InChI is InChI=1S/C34H28N4/c1-3-10-24(11-4-2)36(25-12-6-5-7-13-25)26-18-20-27(21-19-26)37-30-15-8-14-28-29-22-23-35-38(29)32-17-9-16-31(37)34(32)33(28)30/h3,5-23H,4H2,1-2H3/b10-3-,24-11+. The number of hydrogen-bond acceptors (Lipinski definition) is 2. The first-order valence-corrected chi connectivity index (χ1v) is 13.2. The van der Waals surface area contributed by atoms with Crippen LogP contribution in [0.3, 0.4) is 0 Å². The third kappa shape index (κ3) is 3.27. The molecule has 0 N–H and O–H groups in total. The number of anilines is 2. The lowest BCUT2D eigenvalue weighted by molar-refractivity contribution is 1.01. The molecule has 3 aromatic heterocycles. The number of pyridine rings is 1.